The average molecular weight is 86.1 g/mol. The van der Waals surface area contributed by atoms with Crippen molar-refractivity contribution in [3.63, 3.8) is 0 Å². The van der Waals surface area contributed by atoms with E-state index >= 15 is 0 Å². The number of rotatable bonds is 0. The molecule has 0 bridgehead atoms. The van der Waals surface area contributed by atoms with Gasteiger partial charge in [0.15, 0.2) is 0 Å². The maximum atomic E-state index is 5.03. The van der Waals surface area contributed by atoms with Gasteiger partial charge in [0.25, 0.3) is 0 Å². The Morgan fingerprint density at radius 2 is 1.83 bits per heavy atom. The normalized spacial score (nSPS) is 52.0. The van der Waals surface area contributed by atoms with E-state index in [0.717, 1.165) is 13.2 Å². The quantitative estimate of drug-likeness (QED) is 0.380. The third-order valence-corrected chi connectivity index (χ3v) is 1.25. The molecular formula is C4H6O2. The Hall–Kier alpha value is -0.0800. The second-order valence-corrected chi connectivity index (χ2v) is 1.75. The van der Waals surface area contributed by atoms with Crippen LogP contribution >= 0.6 is 0 Å². The first-order chi connectivity index (χ1) is 2.97. The van der Waals surface area contributed by atoms with Crippen molar-refractivity contribution in [1.82, 2.24) is 0 Å². The van der Waals surface area contributed by atoms with Gasteiger partial charge in [-0.05, 0) is 0 Å². The predicted molar refractivity (Wildman–Crippen MR) is 19.5 cm³/mol. The zero-order valence-corrected chi connectivity index (χ0v) is 3.39. The van der Waals surface area contributed by atoms with Crippen LogP contribution in [0.4, 0.5) is 0 Å². The molecule has 2 aliphatic rings. The second kappa shape index (κ2) is 0.768. The van der Waals surface area contributed by atoms with Crippen LogP contribution in [0.25, 0.3) is 0 Å². The summed E-state index contributed by atoms with van der Waals surface area (Å²) in [5, 5.41) is 0. The highest BCUT2D eigenvalue weighted by molar-refractivity contribution is 4.88. The van der Waals surface area contributed by atoms with Gasteiger partial charge in [-0.1, -0.05) is 0 Å². The largest absolute Gasteiger partial charge is 0.376 e. The fourth-order valence-electron chi connectivity index (χ4n) is 0.773. The summed E-state index contributed by atoms with van der Waals surface area (Å²) in [6, 6.07) is 0. The molecule has 0 saturated carbocycles. The van der Waals surface area contributed by atoms with E-state index in [2.05, 4.69) is 0 Å². The SMILES string of the molecule is C1OC[C@H]2OC12. The molecule has 2 atom stereocenters. The van der Waals surface area contributed by atoms with Crippen LogP contribution in [-0.4, -0.2) is 25.4 Å². The van der Waals surface area contributed by atoms with Gasteiger partial charge in [0, 0.05) is 0 Å². The molecule has 34 valence electrons. The zero-order chi connectivity index (χ0) is 3.98. The van der Waals surface area contributed by atoms with Gasteiger partial charge in [0.1, 0.15) is 12.2 Å². The highest BCUT2D eigenvalue weighted by atomic mass is 16.7. The molecule has 0 aromatic heterocycles. The summed E-state index contributed by atoms with van der Waals surface area (Å²) in [6.07, 6.45) is 0.981. The van der Waals surface area contributed by atoms with Gasteiger partial charge in [-0.2, -0.15) is 0 Å². The Labute approximate surface area is 36.0 Å². The first kappa shape index (κ1) is 2.99. The van der Waals surface area contributed by atoms with Gasteiger partial charge in [0.2, 0.25) is 0 Å². The van der Waals surface area contributed by atoms with Crippen molar-refractivity contribution < 1.29 is 9.47 Å². The van der Waals surface area contributed by atoms with Crippen LogP contribution in [0.2, 0.25) is 0 Å². The summed E-state index contributed by atoms with van der Waals surface area (Å²) >= 11 is 0. The molecule has 2 fully saturated rings. The van der Waals surface area contributed by atoms with E-state index in [4.69, 9.17) is 9.47 Å². The summed E-state index contributed by atoms with van der Waals surface area (Å²) in [5.41, 5.74) is 0. The van der Waals surface area contributed by atoms with Crippen LogP contribution < -0.4 is 0 Å². The molecular weight excluding hydrogens is 80.0 g/mol. The lowest BCUT2D eigenvalue weighted by Gasteiger charge is -1.87. The molecule has 2 nitrogen and oxygen atoms in total. The molecule has 2 saturated heterocycles. The van der Waals surface area contributed by atoms with E-state index in [0.29, 0.717) is 12.2 Å². The number of ether oxygens (including phenoxy) is 2. The van der Waals surface area contributed by atoms with Gasteiger partial charge in [-0.3, -0.25) is 0 Å². The third kappa shape index (κ3) is 0.235. The van der Waals surface area contributed by atoms with Crippen molar-refractivity contribution in [3.05, 3.63) is 0 Å². The summed E-state index contributed by atoms with van der Waals surface area (Å²) in [5.74, 6) is 0. The lowest BCUT2D eigenvalue weighted by Crippen LogP contribution is -1.91. The van der Waals surface area contributed by atoms with Crippen molar-refractivity contribution in [2.45, 2.75) is 12.2 Å². The summed E-state index contributed by atoms with van der Waals surface area (Å²) in [6.45, 7) is 1.68. The van der Waals surface area contributed by atoms with E-state index in [1.165, 1.54) is 0 Å². The predicted octanol–water partition coefficient (Wildman–Crippen LogP) is -0.216. The Bertz CT molecular complexity index is 63.9. The third-order valence-electron chi connectivity index (χ3n) is 1.25. The highest BCUT2D eigenvalue weighted by Gasteiger charge is 2.43. The molecule has 1 unspecified atom stereocenters. The van der Waals surface area contributed by atoms with Crippen LogP contribution in [0.3, 0.4) is 0 Å². The van der Waals surface area contributed by atoms with Crippen LogP contribution in [-0.2, 0) is 9.47 Å². The van der Waals surface area contributed by atoms with Gasteiger partial charge in [0.05, 0.1) is 13.2 Å². The van der Waals surface area contributed by atoms with Crippen LogP contribution in [0.5, 0.6) is 0 Å². The monoisotopic (exact) mass is 86.0 g/mol. The van der Waals surface area contributed by atoms with Crippen LogP contribution in [0, 0.1) is 0 Å². The molecule has 0 aliphatic carbocycles. The lowest BCUT2D eigenvalue weighted by atomic mass is 10.4. The molecule has 2 heterocycles. The smallest absolute Gasteiger partial charge is 0.110 e. The van der Waals surface area contributed by atoms with Gasteiger partial charge in [-0.25, -0.2) is 0 Å². The highest BCUT2D eigenvalue weighted by Crippen LogP contribution is 2.27. The fourth-order valence-corrected chi connectivity index (χ4v) is 0.773. The first-order valence-electron chi connectivity index (χ1n) is 2.20. The molecule has 0 radical (unpaired) electrons. The van der Waals surface area contributed by atoms with Crippen LogP contribution in [0.15, 0.2) is 0 Å². The van der Waals surface area contributed by atoms with Crippen molar-refractivity contribution in [2.75, 3.05) is 13.2 Å². The van der Waals surface area contributed by atoms with Gasteiger partial charge in [-0.15, -0.1) is 0 Å². The Kier molecular flexibility index (Phi) is 0.383. The first-order valence-corrected chi connectivity index (χ1v) is 2.20. The molecule has 2 aliphatic heterocycles. The zero-order valence-electron chi connectivity index (χ0n) is 3.39. The summed E-state index contributed by atoms with van der Waals surface area (Å²) < 4.78 is 10.0. The number of hydrogen-bond donors (Lipinski definition) is 0. The van der Waals surface area contributed by atoms with E-state index in [9.17, 15) is 0 Å². The maximum Gasteiger partial charge on any atom is 0.110 e. The maximum absolute atomic E-state index is 5.03. The van der Waals surface area contributed by atoms with Gasteiger partial charge < -0.3 is 9.47 Å². The molecule has 0 aromatic carbocycles. The molecule has 0 amide bonds. The van der Waals surface area contributed by atoms with E-state index < -0.39 is 0 Å². The molecule has 2 rings (SSSR count). The minimum Gasteiger partial charge on any atom is -0.376 e. The van der Waals surface area contributed by atoms with E-state index in [-0.39, 0.29) is 0 Å². The molecule has 0 N–H and O–H groups in total. The Balaban J connectivity index is 2.09. The van der Waals surface area contributed by atoms with Crippen molar-refractivity contribution >= 4 is 0 Å². The van der Waals surface area contributed by atoms with E-state index in [1.807, 2.05) is 0 Å². The average Bonchev–Trinajstić information content (AvgIpc) is 2.17. The van der Waals surface area contributed by atoms with E-state index in [1.54, 1.807) is 0 Å². The second-order valence-electron chi connectivity index (χ2n) is 1.75. The molecule has 0 spiro atoms. The Morgan fingerprint density at radius 1 is 1.17 bits per heavy atom. The lowest BCUT2D eigenvalue weighted by molar-refractivity contribution is 0.100. The molecule has 2 heteroatoms. The molecule has 0 aromatic rings. The van der Waals surface area contributed by atoms with Crippen LogP contribution in [0.1, 0.15) is 0 Å². The van der Waals surface area contributed by atoms with Crippen molar-refractivity contribution in [3.8, 4) is 0 Å². The Morgan fingerprint density at radius 3 is 2.00 bits per heavy atom. The number of fused-ring (bicyclic) bond motifs is 1. The minimum absolute atomic E-state index is 0.491. The number of epoxide rings is 1. The minimum atomic E-state index is 0.491. The summed E-state index contributed by atoms with van der Waals surface area (Å²) in [7, 11) is 0. The van der Waals surface area contributed by atoms with Crippen molar-refractivity contribution in [1.29, 1.82) is 0 Å². The summed E-state index contributed by atoms with van der Waals surface area (Å²) in [4.78, 5) is 0. The molecule has 6 heavy (non-hydrogen) atoms. The fraction of sp³-hybridized carbons (Fsp3) is 1.00. The topological polar surface area (TPSA) is 21.8 Å². The van der Waals surface area contributed by atoms with Gasteiger partial charge >= 0.3 is 0 Å². The standard InChI is InChI=1S/C4H6O2/c1-3-4(6-3)2-5-1/h3-4H,1-2H2/t3-,4?/m1/s1. The van der Waals surface area contributed by atoms with Crippen molar-refractivity contribution in [2.24, 2.45) is 0 Å². The number of hydrogen-bond acceptors (Lipinski definition) is 2.